The van der Waals surface area contributed by atoms with Gasteiger partial charge in [-0.05, 0) is 47.5 Å². The van der Waals surface area contributed by atoms with Crippen LogP contribution in [-0.4, -0.2) is 29.2 Å². The minimum Gasteiger partial charge on any atom is -0.490 e. The zero-order valence-electron chi connectivity index (χ0n) is 14.3. The van der Waals surface area contributed by atoms with E-state index >= 15 is 0 Å². The fourth-order valence-corrected chi connectivity index (χ4v) is 3.41. The summed E-state index contributed by atoms with van der Waals surface area (Å²) in [6, 6.07) is 17.2. The van der Waals surface area contributed by atoms with Crippen molar-refractivity contribution in [2.45, 2.75) is 6.42 Å². The molecule has 2 amide bonds. The van der Waals surface area contributed by atoms with E-state index in [4.69, 9.17) is 4.74 Å². The van der Waals surface area contributed by atoms with E-state index in [9.17, 15) is 9.59 Å². The summed E-state index contributed by atoms with van der Waals surface area (Å²) in [6.45, 7) is 4.44. The number of ether oxygens (including phenoxy) is 1. The van der Waals surface area contributed by atoms with Gasteiger partial charge in [0, 0.05) is 6.54 Å². The molecule has 2 aromatic carbocycles. The van der Waals surface area contributed by atoms with Gasteiger partial charge in [-0.1, -0.05) is 55.1 Å². The molecule has 0 spiro atoms. The van der Waals surface area contributed by atoms with E-state index in [1.54, 1.807) is 12.2 Å². The lowest BCUT2D eigenvalue weighted by Gasteiger charge is -2.12. The normalized spacial score (nSPS) is 15.5. The van der Waals surface area contributed by atoms with Gasteiger partial charge in [0.15, 0.2) is 0 Å². The first-order valence-electron chi connectivity index (χ1n) is 8.30. The second-order valence-electron chi connectivity index (χ2n) is 5.74. The van der Waals surface area contributed by atoms with Crippen LogP contribution < -0.4 is 4.74 Å². The predicted molar refractivity (Wildman–Crippen MR) is 105 cm³/mol. The number of benzene rings is 2. The van der Waals surface area contributed by atoms with E-state index in [-0.39, 0.29) is 11.1 Å². The van der Waals surface area contributed by atoms with E-state index in [0.29, 0.717) is 24.5 Å². The maximum absolute atomic E-state index is 12.5. The third-order valence-electron chi connectivity index (χ3n) is 3.89. The standard InChI is InChI=1S/C21H19NO3S/c1-2-14-25-18-10-8-17(9-11-18)15-19-20(23)22(21(24)26-19)13-12-16-6-4-3-5-7-16/h2-11,15H,1,12-14H2/b19-15-. The third-order valence-corrected chi connectivity index (χ3v) is 4.79. The second kappa shape index (κ2) is 8.54. The fraction of sp³-hybridized carbons (Fsp3) is 0.143. The smallest absolute Gasteiger partial charge is 0.293 e. The highest BCUT2D eigenvalue weighted by atomic mass is 32.2. The van der Waals surface area contributed by atoms with Crippen molar-refractivity contribution >= 4 is 29.0 Å². The molecule has 0 radical (unpaired) electrons. The van der Waals surface area contributed by atoms with Crippen molar-refractivity contribution in [3.05, 3.63) is 83.3 Å². The summed E-state index contributed by atoms with van der Waals surface area (Å²) >= 11 is 0.984. The van der Waals surface area contributed by atoms with Crippen LogP contribution in [0.3, 0.4) is 0 Å². The second-order valence-corrected chi connectivity index (χ2v) is 6.73. The average molecular weight is 365 g/mol. The Labute approximate surface area is 157 Å². The van der Waals surface area contributed by atoms with Crippen molar-refractivity contribution in [3.8, 4) is 5.75 Å². The lowest BCUT2D eigenvalue weighted by atomic mass is 10.1. The molecule has 5 heteroatoms. The van der Waals surface area contributed by atoms with Crippen LogP contribution in [0, 0.1) is 0 Å². The lowest BCUT2D eigenvalue weighted by molar-refractivity contribution is -0.122. The molecule has 2 aromatic rings. The molecular formula is C21H19NO3S. The van der Waals surface area contributed by atoms with Crippen LogP contribution in [-0.2, 0) is 11.2 Å². The van der Waals surface area contributed by atoms with Crippen molar-refractivity contribution in [1.82, 2.24) is 4.90 Å². The minimum atomic E-state index is -0.233. The van der Waals surface area contributed by atoms with E-state index in [0.717, 1.165) is 28.6 Å². The molecule has 3 rings (SSSR count). The van der Waals surface area contributed by atoms with E-state index in [1.165, 1.54) is 4.90 Å². The van der Waals surface area contributed by atoms with Crippen LogP contribution in [0.1, 0.15) is 11.1 Å². The summed E-state index contributed by atoms with van der Waals surface area (Å²) < 4.78 is 5.44. The molecule has 0 aliphatic carbocycles. The monoisotopic (exact) mass is 365 g/mol. The molecule has 1 aliphatic rings. The SMILES string of the molecule is C=CCOc1ccc(/C=C2\SC(=O)N(CCc3ccccc3)C2=O)cc1. The molecule has 132 valence electrons. The average Bonchev–Trinajstić information content (AvgIpc) is 2.93. The largest absolute Gasteiger partial charge is 0.490 e. The van der Waals surface area contributed by atoms with Crippen molar-refractivity contribution in [1.29, 1.82) is 0 Å². The van der Waals surface area contributed by atoms with Gasteiger partial charge in [-0.3, -0.25) is 14.5 Å². The van der Waals surface area contributed by atoms with Crippen LogP contribution in [0.4, 0.5) is 4.79 Å². The zero-order valence-corrected chi connectivity index (χ0v) is 15.1. The van der Waals surface area contributed by atoms with Crippen molar-refractivity contribution in [3.63, 3.8) is 0 Å². The zero-order chi connectivity index (χ0) is 18.4. The summed E-state index contributed by atoms with van der Waals surface area (Å²) in [5.41, 5.74) is 1.95. The van der Waals surface area contributed by atoms with Crippen molar-refractivity contribution in [2.75, 3.05) is 13.2 Å². The number of thioether (sulfide) groups is 1. The molecule has 1 saturated heterocycles. The number of nitrogens with zero attached hydrogens (tertiary/aromatic N) is 1. The van der Waals surface area contributed by atoms with Gasteiger partial charge in [-0.2, -0.15) is 0 Å². The van der Waals surface area contributed by atoms with Crippen molar-refractivity contribution in [2.24, 2.45) is 0 Å². The number of amides is 2. The minimum absolute atomic E-state index is 0.219. The first-order chi connectivity index (χ1) is 12.7. The fourth-order valence-electron chi connectivity index (χ4n) is 2.55. The Morgan fingerprint density at radius 3 is 2.46 bits per heavy atom. The van der Waals surface area contributed by atoms with Crippen LogP contribution in [0.2, 0.25) is 0 Å². The molecule has 26 heavy (non-hydrogen) atoms. The number of imide groups is 1. The maximum Gasteiger partial charge on any atom is 0.293 e. The Morgan fingerprint density at radius 2 is 1.77 bits per heavy atom. The number of carbonyl (C=O) groups is 2. The number of carbonyl (C=O) groups excluding carboxylic acids is 2. The Bertz CT molecular complexity index is 828. The molecule has 4 nitrogen and oxygen atoms in total. The van der Waals surface area contributed by atoms with Gasteiger partial charge in [0.25, 0.3) is 11.1 Å². The molecule has 1 aliphatic heterocycles. The van der Waals surface area contributed by atoms with Crippen molar-refractivity contribution < 1.29 is 14.3 Å². The molecular weight excluding hydrogens is 346 g/mol. The maximum atomic E-state index is 12.5. The predicted octanol–water partition coefficient (Wildman–Crippen LogP) is 4.53. The molecule has 0 atom stereocenters. The Balaban J connectivity index is 1.65. The van der Waals surface area contributed by atoms with Gasteiger partial charge >= 0.3 is 0 Å². The van der Waals surface area contributed by atoms with E-state index in [1.807, 2.05) is 54.6 Å². The first kappa shape index (κ1) is 18.0. The molecule has 0 bridgehead atoms. The Hall–Kier alpha value is -2.79. The lowest BCUT2D eigenvalue weighted by Crippen LogP contribution is -2.30. The van der Waals surface area contributed by atoms with Gasteiger partial charge in [-0.25, -0.2) is 0 Å². The summed E-state index contributed by atoms with van der Waals surface area (Å²) in [5, 5.41) is -0.219. The summed E-state index contributed by atoms with van der Waals surface area (Å²) in [4.78, 5) is 26.5. The van der Waals surface area contributed by atoms with Gasteiger partial charge < -0.3 is 4.74 Å². The van der Waals surface area contributed by atoms with Crippen LogP contribution in [0.25, 0.3) is 6.08 Å². The van der Waals surface area contributed by atoms with E-state index < -0.39 is 0 Å². The number of hydrogen-bond acceptors (Lipinski definition) is 4. The number of hydrogen-bond donors (Lipinski definition) is 0. The topological polar surface area (TPSA) is 46.6 Å². The van der Waals surface area contributed by atoms with Gasteiger partial charge in [0.05, 0.1) is 4.91 Å². The van der Waals surface area contributed by atoms with Crippen LogP contribution in [0.15, 0.2) is 72.2 Å². The molecule has 1 fully saturated rings. The molecule has 0 N–H and O–H groups in total. The summed E-state index contributed by atoms with van der Waals surface area (Å²) in [5.74, 6) is 0.501. The highest BCUT2D eigenvalue weighted by molar-refractivity contribution is 8.18. The summed E-state index contributed by atoms with van der Waals surface area (Å²) in [7, 11) is 0. The highest BCUT2D eigenvalue weighted by Crippen LogP contribution is 2.32. The Kier molecular flexibility index (Phi) is 5.92. The van der Waals surface area contributed by atoms with Gasteiger partial charge in [0.2, 0.25) is 0 Å². The highest BCUT2D eigenvalue weighted by Gasteiger charge is 2.34. The molecule has 0 aromatic heterocycles. The number of rotatable bonds is 7. The third kappa shape index (κ3) is 4.43. The quantitative estimate of drug-likeness (QED) is 0.534. The van der Waals surface area contributed by atoms with Crippen LogP contribution >= 0.6 is 11.8 Å². The Morgan fingerprint density at radius 1 is 1.04 bits per heavy atom. The van der Waals surface area contributed by atoms with Crippen LogP contribution in [0.5, 0.6) is 5.75 Å². The van der Waals surface area contributed by atoms with Gasteiger partial charge in [0.1, 0.15) is 12.4 Å². The van der Waals surface area contributed by atoms with Gasteiger partial charge in [-0.15, -0.1) is 0 Å². The summed E-state index contributed by atoms with van der Waals surface area (Å²) in [6.07, 6.45) is 4.07. The molecule has 1 heterocycles. The first-order valence-corrected chi connectivity index (χ1v) is 9.12. The molecule has 0 unspecified atom stereocenters. The molecule has 0 saturated carbocycles. The van der Waals surface area contributed by atoms with E-state index in [2.05, 4.69) is 6.58 Å².